The molecule has 0 saturated heterocycles. The molecule has 0 aliphatic heterocycles. The van der Waals surface area contributed by atoms with E-state index in [9.17, 15) is 0 Å². The number of benzene rings is 1. The highest BCUT2D eigenvalue weighted by Crippen LogP contribution is 2.01. The van der Waals surface area contributed by atoms with Gasteiger partial charge in [-0.15, -0.1) is 0 Å². The summed E-state index contributed by atoms with van der Waals surface area (Å²) in [5.74, 6) is 0. The molecule has 0 aliphatic rings. The van der Waals surface area contributed by atoms with E-state index in [-0.39, 0.29) is 0 Å². The molecule has 0 bridgehead atoms. The first kappa shape index (κ1) is 9.99. The lowest BCUT2D eigenvalue weighted by molar-refractivity contribution is -0.895. The quantitative estimate of drug-likeness (QED) is 0.724. The summed E-state index contributed by atoms with van der Waals surface area (Å²) in [5.41, 5.74) is 1.13. The molecular weight excluding hydrogens is 210 g/mol. The van der Waals surface area contributed by atoms with Gasteiger partial charge >= 0.3 is 0 Å². The van der Waals surface area contributed by atoms with Gasteiger partial charge < -0.3 is 0 Å². The lowest BCUT2D eigenvalue weighted by Crippen LogP contribution is -2.41. The topological polar surface area (TPSA) is 13.1 Å². The third kappa shape index (κ3) is 2.96. The Balaban J connectivity index is 1.99. The van der Waals surface area contributed by atoms with Gasteiger partial charge in [0.2, 0.25) is 12.4 Å². The molecule has 3 heteroatoms. The predicted octanol–water partition coefficient (Wildman–Crippen LogP) is 2.26. The van der Waals surface area contributed by atoms with Crippen LogP contribution in [0.5, 0.6) is 0 Å². The van der Waals surface area contributed by atoms with Crippen molar-refractivity contribution in [1.29, 1.82) is 0 Å². The van der Waals surface area contributed by atoms with E-state index in [0.29, 0.717) is 11.6 Å². The maximum Gasteiger partial charge on any atom is 0.241 e. The Morgan fingerprint density at radius 3 is 2.60 bits per heavy atom. The second-order valence-electron chi connectivity index (χ2n) is 3.14. The van der Waals surface area contributed by atoms with E-state index < -0.39 is 0 Å². The molecule has 0 radical (unpaired) electrons. The zero-order valence-electron chi connectivity index (χ0n) is 8.14. The third-order valence-corrected chi connectivity index (χ3v) is 2.19. The van der Waals surface area contributed by atoms with Gasteiger partial charge in [0.15, 0.2) is 6.61 Å². The highest BCUT2D eigenvalue weighted by molar-refractivity contribution is 6.30. The molecular formula is C12H11ClNO+. The van der Waals surface area contributed by atoms with Gasteiger partial charge in [0.1, 0.15) is 5.02 Å². The molecule has 1 aromatic heterocycles. The second-order valence-corrected chi connectivity index (χ2v) is 3.58. The average molecular weight is 221 g/mol. The van der Waals surface area contributed by atoms with E-state index in [1.807, 2.05) is 48.7 Å². The molecule has 0 atom stereocenters. The van der Waals surface area contributed by atoms with Gasteiger partial charge in [0.25, 0.3) is 0 Å². The fraction of sp³-hybridized carbons (Fsp3) is 0.0833. The first-order valence-corrected chi connectivity index (χ1v) is 5.06. The van der Waals surface area contributed by atoms with Crippen molar-refractivity contribution in [3.8, 4) is 0 Å². The van der Waals surface area contributed by atoms with Crippen LogP contribution in [0.15, 0.2) is 54.9 Å². The molecule has 1 aromatic carbocycles. The van der Waals surface area contributed by atoms with Crippen LogP contribution in [-0.2, 0) is 6.61 Å². The Morgan fingerprint density at radius 2 is 1.87 bits per heavy atom. The SMILES string of the molecule is Clc1ccc[n+](OCc2ccccc2)c1. The van der Waals surface area contributed by atoms with E-state index in [1.165, 1.54) is 0 Å². The van der Waals surface area contributed by atoms with Gasteiger partial charge in [0, 0.05) is 10.8 Å². The Hall–Kier alpha value is -1.54. The van der Waals surface area contributed by atoms with Crippen LogP contribution in [0.25, 0.3) is 0 Å². The molecule has 0 unspecified atom stereocenters. The van der Waals surface area contributed by atoms with Crippen molar-refractivity contribution in [2.24, 2.45) is 0 Å². The molecule has 0 fully saturated rings. The van der Waals surface area contributed by atoms with Crippen molar-refractivity contribution >= 4 is 11.6 Å². The van der Waals surface area contributed by atoms with Crippen molar-refractivity contribution in [3.63, 3.8) is 0 Å². The number of pyridine rings is 1. The summed E-state index contributed by atoms with van der Waals surface area (Å²) in [6, 6.07) is 13.6. The molecule has 2 nitrogen and oxygen atoms in total. The number of hydrogen-bond acceptors (Lipinski definition) is 1. The molecule has 2 rings (SSSR count). The summed E-state index contributed by atoms with van der Waals surface area (Å²) in [6.07, 6.45) is 3.54. The first-order chi connectivity index (χ1) is 7.34. The van der Waals surface area contributed by atoms with Crippen LogP contribution in [-0.4, -0.2) is 0 Å². The van der Waals surface area contributed by atoms with Crippen molar-refractivity contribution in [3.05, 3.63) is 65.4 Å². The molecule has 0 amide bonds. The number of hydrogen-bond donors (Lipinski definition) is 0. The third-order valence-electron chi connectivity index (χ3n) is 1.96. The molecule has 0 N–H and O–H groups in total. The number of aromatic nitrogens is 1. The standard InChI is InChI=1S/C12H11ClNO/c13-12-7-4-8-14(9-12)15-10-11-5-2-1-3-6-11/h1-9H,10H2/q+1. The summed E-state index contributed by atoms with van der Waals surface area (Å²) in [7, 11) is 0. The van der Waals surface area contributed by atoms with Crippen molar-refractivity contribution < 1.29 is 9.57 Å². The fourth-order valence-electron chi connectivity index (χ4n) is 1.23. The smallest absolute Gasteiger partial charge is 0.241 e. The average Bonchev–Trinajstić information content (AvgIpc) is 2.28. The summed E-state index contributed by atoms with van der Waals surface area (Å²) >= 11 is 5.83. The Labute approximate surface area is 93.7 Å². The van der Waals surface area contributed by atoms with Gasteiger partial charge in [0.05, 0.1) is 0 Å². The largest absolute Gasteiger partial charge is 0.267 e. The molecule has 2 aromatic rings. The highest BCUT2D eigenvalue weighted by atomic mass is 35.5. The van der Waals surface area contributed by atoms with E-state index >= 15 is 0 Å². The minimum Gasteiger partial charge on any atom is -0.267 e. The van der Waals surface area contributed by atoms with Crippen LogP contribution in [0, 0.1) is 0 Å². The van der Waals surface area contributed by atoms with Crippen molar-refractivity contribution in [2.45, 2.75) is 6.61 Å². The molecule has 15 heavy (non-hydrogen) atoms. The van der Waals surface area contributed by atoms with Crippen LogP contribution < -0.4 is 9.57 Å². The van der Waals surface area contributed by atoms with Crippen LogP contribution in [0.1, 0.15) is 5.56 Å². The van der Waals surface area contributed by atoms with Gasteiger partial charge in [-0.2, -0.15) is 0 Å². The Bertz CT molecular complexity index is 431. The predicted molar refractivity (Wildman–Crippen MR) is 58.4 cm³/mol. The van der Waals surface area contributed by atoms with E-state index in [2.05, 4.69) is 0 Å². The number of halogens is 1. The summed E-state index contributed by atoms with van der Waals surface area (Å²) in [5, 5.41) is 0.658. The molecule has 0 aliphatic carbocycles. The maximum absolute atomic E-state index is 5.83. The number of rotatable bonds is 3. The van der Waals surface area contributed by atoms with Gasteiger partial charge in [-0.25, -0.2) is 0 Å². The summed E-state index contributed by atoms with van der Waals surface area (Å²) in [4.78, 5) is 5.51. The van der Waals surface area contributed by atoms with Crippen LogP contribution in [0.4, 0.5) is 0 Å². The molecule has 76 valence electrons. The number of nitrogens with zero attached hydrogens (tertiary/aromatic N) is 1. The van der Waals surface area contributed by atoms with Crippen LogP contribution in [0.2, 0.25) is 5.02 Å². The van der Waals surface area contributed by atoms with Crippen molar-refractivity contribution in [2.75, 3.05) is 0 Å². The second kappa shape index (κ2) is 4.80. The highest BCUT2D eigenvalue weighted by Gasteiger charge is 2.02. The lowest BCUT2D eigenvalue weighted by atomic mass is 10.2. The zero-order chi connectivity index (χ0) is 10.5. The fourth-order valence-corrected chi connectivity index (χ4v) is 1.40. The zero-order valence-corrected chi connectivity index (χ0v) is 8.89. The molecule has 1 heterocycles. The maximum atomic E-state index is 5.83. The minimum absolute atomic E-state index is 0.534. The van der Waals surface area contributed by atoms with Crippen LogP contribution >= 0.6 is 11.6 Å². The summed E-state index contributed by atoms with van der Waals surface area (Å²) < 4.78 is 1.61. The Kier molecular flexibility index (Phi) is 3.20. The van der Waals surface area contributed by atoms with Gasteiger partial charge in [-0.1, -0.05) is 41.9 Å². The lowest BCUT2D eigenvalue weighted by Gasteiger charge is -1.98. The molecule has 0 spiro atoms. The summed E-state index contributed by atoms with van der Waals surface area (Å²) in [6.45, 7) is 0.534. The normalized spacial score (nSPS) is 9.93. The van der Waals surface area contributed by atoms with Crippen LogP contribution in [0.3, 0.4) is 0 Å². The first-order valence-electron chi connectivity index (χ1n) is 4.68. The van der Waals surface area contributed by atoms with Gasteiger partial charge in [-0.3, -0.25) is 4.84 Å². The van der Waals surface area contributed by atoms with Crippen molar-refractivity contribution in [1.82, 2.24) is 0 Å². The van der Waals surface area contributed by atoms with E-state index in [1.54, 1.807) is 10.9 Å². The van der Waals surface area contributed by atoms with E-state index in [0.717, 1.165) is 5.56 Å². The molecule has 0 saturated carbocycles. The van der Waals surface area contributed by atoms with E-state index in [4.69, 9.17) is 16.4 Å². The Morgan fingerprint density at radius 1 is 1.07 bits per heavy atom. The minimum atomic E-state index is 0.534. The monoisotopic (exact) mass is 220 g/mol. The van der Waals surface area contributed by atoms with Gasteiger partial charge in [-0.05, 0) is 11.6 Å².